The van der Waals surface area contributed by atoms with Crippen LogP contribution in [0.2, 0.25) is 0 Å². The third-order valence-electron chi connectivity index (χ3n) is 6.93. The minimum atomic E-state index is -2.81. The summed E-state index contributed by atoms with van der Waals surface area (Å²) >= 11 is 0. The van der Waals surface area contributed by atoms with Gasteiger partial charge in [-0.3, -0.25) is 0 Å². The van der Waals surface area contributed by atoms with Gasteiger partial charge in [0.1, 0.15) is 5.78 Å². The van der Waals surface area contributed by atoms with Crippen LogP contribution in [0.25, 0.3) is 11.1 Å². The first-order chi connectivity index (χ1) is 17.1. The molecule has 0 radical (unpaired) electrons. The van der Waals surface area contributed by atoms with Crippen molar-refractivity contribution in [3.63, 3.8) is 0 Å². The van der Waals surface area contributed by atoms with Crippen molar-refractivity contribution in [3.8, 4) is 11.1 Å². The van der Waals surface area contributed by atoms with E-state index in [2.05, 4.69) is 51.1 Å². The van der Waals surface area contributed by atoms with Crippen LogP contribution in [0.1, 0.15) is 85.9 Å². The molecule has 0 aliphatic heterocycles. The Balaban J connectivity index is 0.00000115. The van der Waals surface area contributed by atoms with Crippen molar-refractivity contribution in [2.75, 3.05) is 0 Å². The molecule has 0 bridgehead atoms. The Bertz CT molecular complexity index is 1150. The molecular weight excluding hydrogens is 450 g/mol. The molecule has 0 heterocycles. The lowest BCUT2D eigenvalue weighted by molar-refractivity contribution is -0.116. The molecule has 192 valence electrons. The molecule has 0 atom stereocenters. The van der Waals surface area contributed by atoms with Gasteiger partial charge in [0, 0.05) is 18.9 Å². The van der Waals surface area contributed by atoms with E-state index in [4.69, 9.17) is 0 Å². The van der Waals surface area contributed by atoms with E-state index in [1.165, 1.54) is 58.4 Å². The van der Waals surface area contributed by atoms with Crippen LogP contribution in [0.15, 0.2) is 54.6 Å². The maximum Gasteiger partial charge on any atom is 0.270 e. The summed E-state index contributed by atoms with van der Waals surface area (Å²) in [6.45, 7) is 9.04. The molecule has 0 saturated heterocycles. The predicted molar refractivity (Wildman–Crippen MR) is 147 cm³/mol. The van der Waals surface area contributed by atoms with Gasteiger partial charge in [-0.25, -0.2) is 8.78 Å². The van der Waals surface area contributed by atoms with E-state index >= 15 is 0 Å². The van der Waals surface area contributed by atoms with Gasteiger partial charge in [0.05, 0.1) is 0 Å². The minimum absolute atomic E-state index is 0.0398. The van der Waals surface area contributed by atoms with E-state index in [1.807, 2.05) is 0 Å². The van der Waals surface area contributed by atoms with Crippen LogP contribution in [0.3, 0.4) is 0 Å². The fourth-order valence-corrected chi connectivity index (χ4v) is 5.08. The van der Waals surface area contributed by atoms with Gasteiger partial charge in [0.15, 0.2) is 0 Å². The van der Waals surface area contributed by atoms with Crippen LogP contribution in [0, 0.1) is 6.92 Å². The summed E-state index contributed by atoms with van der Waals surface area (Å²) in [7, 11) is 0. The maximum absolute atomic E-state index is 13.5. The molecule has 0 N–H and O–H groups in total. The molecule has 36 heavy (non-hydrogen) atoms. The molecule has 0 aromatic heterocycles. The summed E-state index contributed by atoms with van der Waals surface area (Å²) in [5, 5.41) is 0. The van der Waals surface area contributed by atoms with Crippen molar-refractivity contribution in [1.82, 2.24) is 0 Å². The SMILES string of the molecule is CC(=O)CCc1c(C)cc(CCc2ccc(-c3ccc(C(C)(F)F)cc3)cc2)c2c1CCC2.CCC. The Kier molecular flexibility index (Phi) is 9.59. The van der Waals surface area contributed by atoms with Gasteiger partial charge in [-0.05, 0) is 96.9 Å². The first-order valence-electron chi connectivity index (χ1n) is 13.3. The van der Waals surface area contributed by atoms with Crippen molar-refractivity contribution in [1.29, 1.82) is 0 Å². The fourth-order valence-electron chi connectivity index (χ4n) is 5.08. The average molecular weight is 491 g/mol. The van der Waals surface area contributed by atoms with Crippen molar-refractivity contribution < 1.29 is 13.6 Å². The smallest absolute Gasteiger partial charge is 0.270 e. The first kappa shape index (κ1) is 27.8. The summed E-state index contributed by atoms with van der Waals surface area (Å²) in [6.07, 6.45) is 8.20. The molecule has 1 nitrogen and oxygen atoms in total. The number of Topliss-reactive ketones (excluding diaryl/α,β-unsaturated/α-hetero) is 1. The number of hydrogen-bond donors (Lipinski definition) is 0. The quantitative estimate of drug-likeness (QED) is 0.308. The highest BCUT2D eigenvalue weighted by Crippen LogP contribution is 2.33. The lowest BCUT2D eigenvalue weighted by Gasteiger charge is -2.17. The molecule has 4 rings (SSSR count). The number of benzene rings is 3. The number of ketones is 1. The van der Waals surface area contributed by atoms with Gasteiger partial charge in [0.25, 0.3) is 5.92 Å². The molecule has 1 aliphatic carbocycles. The van der Waals surface area contributed by atoms with E-state index in [1.54, 1.807) is 19.1 Å². The predicted octanol–water partition coefficient (Wildman–Crippen LogP) is 8.99. The van der Waals surface area contributed by atoms with E-state index in [-0.39, 0.29) is 11.3 Å². The van der Waals surface area contributed by atoms with Crippen molar-refractivity contribution in [2.24, 2.45) is 0 Å². The molecule has 0 fully saturated rings. The second kappa shape index (κ2) is 12.4. The molecule has 0 amide bonds. The van der Waals surface area contributed by atoms with Crippen LogP contribution in [-0.2, 0) is 42.8 Å². The van der Waals surface area contributed by atoms with Crippen LogP contribution < -0.4 is 0 Å². The number of halogens is 2. The molecular formula is C33H40F2O. The van der Waals surface area contributed by atoms with Crippen LogP contribution in [-0.4, -0.2) is 5.78 Å². The number of carbonyl (C=O) groups is 1. The van der Waals surface area contributed by atoms with Gasteiger partial charge >= 0.3 is 0 Å². The topological polar surface area (TPSA) is 17.1 Å². The summed E-state index contributed by atoms with van der Waals surface area (Å²) in [6, 6.07) is 17.3. The third kappa shape index (κ3) is 7.12. The monoisotopic (exact) mass is 490 g/mol. The molecule has 1 aliphatic rings. The number of aryl methyl sites for hydroxylation is 3. The summed E-state index contributed by atoms with van der Waals surface area (Å²) in [5.41, 5.74) is 10.5. The van der Waals surface area contributed by atoms with Crippen LogP contribution in [0.5, 0.6) is 0 Å². The number of hydrogen-bond acceptors (Lipinski definition) is 1. The molecule has 0 unspecified atom stereocenters. The van der Waals surface area contributed by atoms with Gasteiger partial charge in [-0.15, -0.1) is 0 Å². The van der Waals surface area contributed by atoms with Crippen molar-refractivity contribution >= 4 is 5.78 Å². The standard InChI is InChI=1S/C30H32F2O.C3H8/c1-20-19-25(28-5-4-6-29(28)27(20)18-7-21(2)33)13-10-22-8-11-23(12-9-22)24-14-16-26(17-15-24)30(3,31)32;1-3-2/h8-9,11-12,14-17,19H,4-7,10,13,18H2,1-3H3;3H2,1-2H3. The normalized spacial score (nSPS) is 12.6. The van der Waals surface area contributed by atoms with Crippen LogP contribution >= 0.6 is 0 Å². The Hall–Kier alpha value is -2.81. The van der Waals surface area contributed by atoms with Crippen molar-refractivity contribution in [3.05, 3.63) is 93.5 Å². The molecule has 3 aromatic carbocycles. The number of fused-ring (bicyclic) bond motifs is 1. The fraction of sp³-hybridized carbons (Fsp3) is 0.424. The van der Waals surface area contributed by atoms with Crippen molar-refractivity contribution in [2.45, 2.75) is 91.9 Å². The second-order valence-corrected chi connectivity index (χ2v) is 10.2. The number of carbonyl (C=O) groups excluding carboxylic acids is 1. The Morgan fingerprint density at radius 2 is 1.42 bits per heavy atom. The van der Waals surface area contributed by atoms with E-state index < -0.39 is 5.92 Å². The van der Waals surface area contributed by atoms with Crippen LogP contribution in [0.4, 0.5) is 8.78 Å². The zero-order valence-electron chi connectivity index (χ0n) is 22.5. The Morgan fingerprint density at radius 1 is 0.861 bits per heavy atom. The highest BCUT2D eigenvalue weighted by molar-refractivity contribution is 5.76. The summed E-state index contributed by atoms with van der Waals surface area (Å²) in [5.74, 6) is -2.56. The lowest BCUT2D eigenvalue weighted by atomic mass is 9.88. The van der Waals surface area contributed by atoms with Gasteiger partial charge < -0.3 is 4.79 Å². The summed E-state index contributed by atoms with van der Waals surface area (Å²) < 4.78 is 26.9. The zero-order valence-corrected chi connectivity index (χ0v) is 22.5. The van der Waals surface area contributed by atoms with E-state index in [0.29, 0.717) is 6.42 Å². The average Bonchev–Trinajstić information content (AvgIpc) is 3.32. The Labute approximate surface area is 216 Å². The number of alkyl halides is 2. The lowest BCUT2D eigenvalue weighted by Crippen LogP contribution is -2.06. The number of rotatable bonds is 8. The molecule has 3 heteroatoms. The van der Waals surface area contributed by atoms with Gasteiger partial charge in [0.2, 0.25) is 0 Å². The Morgan fingerprint density at radius 3 is 1.97 bits per heavy atom. The third-order valence-corrected chi connectivity index (χ3v) is 6.93. The second-order valence-electron chi connectivity index (χ2n) is 10.2. The highest BCUT2D eigenvalue weighted by atomic mass is 19.3. The van der Waals surface area contributed by atoms with Gasteiger partial charge in [-0.1, -0.05) is 74.9 Å². The highest BCUT2D eigenvalue weighted by Gasteiger charge is 2.24. The summed E-state index contributed by atoms with van der Waals surface area (Å²) in [4.78, 5) is 11.5. The molecule has 0 spiro atoms. The van der Waals surface area contributed by atoms with E-state index in [0.717, 1.165) is 50.2 Å². The first-order valence-corrected chi connectivity index (χ1v) is 13.3. The van der Waals surface area contributed by atoms with Gasteiger partial charge in [-0.2, -0.15) is 0 Å². The maximum atomic E-state index is 13.5. The molecule has 0 saturated carbocycles. The zero-order chi connectivity index (χ0) is 26.3. The molecule has 3 aromatic rings. The minimum Gasteiger partial charge on any atom is -0.300 e. The van der Waals surface area contributed by atoms with E-state index in [9.17, 15) is 13.6 Å². The largest absolute Gasteiger partial charge is 0.300 e.